The molecule has 0 aliphatic rings. The highest BCUT2D eigenvalue weighted by Crippen LogP contribution is 2.28. The molecule has 0 aliphatic heterocycles. The number of aromatic nitrogens is 3. The molecule has 1 aromatic carbocycles. The number of benzene rings is 1. The van der Waals surface area contributed by atoms with E-state index in [9.17, 15) is 8.42 Å². The molecule has 0 fully saturated rings. The maximum Gasteiger partial charge on any atom is 0.208 e. The van der Waals surface area contributed by atoms with Crippen molar-refractivity contribution in [3.63, 3.8) is 0 Å². The molecule has 3 aromatic rings. The van der Waals surface area contributed by atoms with Crippen molar-refractivity contribution in [3.8, 4) is 0 Å². The lowest BCUT2D eigenvalue weighted by atomic mass is 10.2. The molecule has 28 heavy (non-hydrogen) atoms. The fourth-order valence-corrected chi connectivity index (χ4v) is 3.54. The molecule has 0 atom stereocenters. The number of sulfonamides is 1. The molecule has 0 saturated heterocycles. The standard InChI is InChI=1S/C18H25N5O4S.H2/c1-26-10-7-15-22-16-17(13-5-3-4-6-14(13)21-18(16)19)23(15)9-12-27-11-8-20-28(2,24)25;/h3-6,20H,7-12H2,1-2H3,(H2,19,21);1H. The number of fused-ring (bicyclic) bond motifs is 3. The second-order valence-electron chi connectivity index (χ2n) is 6.41. The van der Waals surface area contributed by atoms with Gasteiger partial charge < -0.3 is 19.8 Å². The van der Waals surface area contributed by atoms with Gasteiger partial charge in [-0.15, -0.1) is 0 Å². The lowest BCUT2D eigenvalue weighted by Crippen LogP contribution is -2.26. The van der Waals surface area contributed by atoms with Gasteiger partial charge in [-0.3, -0.25) is 0 Å². The Kier molecular flexibility index (Phi) is 6.45. The number of nitrogen functional groups attached to an aromatic ring is 1. The summed E-state index contributed by atoms with van der Waals surface area (Å²) in [7, 11) is -1.56. The molecule has 3 rings (SSSR count). The molecule has 154 valence electrons. The van der Waals surface area contributed by atoms with Crippen LogP contribution in [0.25, 0.3) is 21.9 Å². The Hall–Kier alpha value is -2.27. The Balaban J connectivity index is 0.00000300. The zero-order valence-corrected chi connectivity index (χ0v) is 16.8. The zero-order valence-electron chi connectivity index (χ0n) is 16.0. The number of para-hydroxylation sites is 1. The third kappa shape index (κ3) is 4.76. The molecular formula is C18H27N5O4S. The number of hydrogen-bond acceptors (Lipinski definition) is 7. The van der Waals surface area contributed by atoms with Gasteiger partial charge in [0.2, 0.25) is 10.0 Å². The molecule has 9 nitrogen and oxygen atoms in total. The summed E-state index contributed by atoms with van der Waals surface area (Å²) in [5.74, 6) is 1.24. The minimum Gasteiger partial charge on any atom is -0.384 e. The molecule has 0 spiro atoms. The Labute approximate surface area is 165 Å². The van der Waals surface area contributed by atoms with Crippen LogP contribution in [0.1, 0.15) is 7.25 Å². The van der Waals surface area contributed by atoms with E-state index < -0.39 is 10.0 Å². The molecule has 0 amide bonds. The zero-order chi connectivity index (χ0) is 20.1. The number of pyridine rings is 1. The number of hydrogen-bond donors (Lipinski definition) is 2. The minimum atomic E-state index is -3.21. The van der Waals surface area contributed by atoms with Gasteiger partial charge >= 0.3 is 0 Å². The largest absolute Gasteiger partial charge is 0.384 e. The molecule has 0 aliphatic carbocycles. The molecule has 2 heterocycles. The second kappa shape index (κ2) is 8.82. The van der Waals surface area contributed by atoms with Gasteiger partial charge in [-0.25, -0.2) is 23.1 Å². The molecule has 0 unspecified atom stereocenters. The maximum absolute atomic E-state index is 11.1. The lowest BCUT2D eigenvalue weighted by molar-refractivity contribution is 0.131. The maximum atomic E-state index is 11.1. The first-order chi connectivity index (χ1) is 13.4. The van der Waals surface area contributed by atoms with Crippen molar-refractivity contribution in [3.05, 3.63) is 30.1 Å². The van der Waals surface area contributed by atoms with Crippen molar-refractivity contribution in [1.82, 2.24) is 19.3 Å². The number of rotatable bonds is 10. The monoisotopic (exact) mass is 409 g/mol. The number of nitrogens with two attached hydrogens (primary N) is 1. The van der Waals surface area contributed by atoms with Crippen LogP contribution in [-0.4, -0.2) is 62.7 Å². The number of imidazole rings is 1. The van der Waals surface area contributed by atoms with Crippen molar-refractivity contribution in [2.45, 2.75) is 13.0 Å². The predicted octanol–water partition coefficient (Wildman–Crippen LogP) is 1.17. The summed E-state index contributed by atoms with van der Waals surface area (Å²) in [5.41, 5.74) is 8.56. The van der Waals surface area contributed by atoms with Gasteiger partial charge in [-0.05, 0) is 6.07 Å². The molecule has 10 heteroatoms. The summed E-state index contributed by atoms with van der Waals surface area (Å²) < 4.78 is 37.5. The fraction of sp³-hybridized carbons (Fsp3) is 0.444. The first-order valence-electron chi connectivity index (χ1n) is 8.95. The molecular weight excluding hydrogens is 382 g/mol. The van der Waals surface area contributed by atoms with E-state index in [1.165, 1.54) is 0 Å². The lowest BCUT2D eigenvalue weighted by Gasteiger charge is -2.11. The van der Waals surface area contributed by atoms with Gasteiger partial charge in [0.05, 0.1) is 37.1 Å². The quantitative estimate of drug-likeness (QED) is 0.482. The highest BCUT2D eigenvalue weighted by Gasteiger charge is 2.17. The van der Waals surface area contributed by atoms with E-state index in [0.29, 0.717) is 37.5 Å². The number of methoxy groups -OCH3 is 1. The van der Waals surface area contributed by atoms with Gasteiger partial charge in [0, 0.05) is 33.4 Å². The van der Waals surface area contributed by atoms with Crippen LogP contribution in [0.2, 0.25) is 0 Å². The fourth-order valence-electron chi connectivity index (χ4n) is 3.09. The Bertz CT molecular complexity index is 1070. The van der Waals surface area contributed by atoms with Gasteiger partial charge in [-0.1, -0.05) is 18.2 Å². The third-order valence-electron chi connectivity index (χ3n) is 4.29. The summed E-state index contributed by atoms with van der Waals surface area (Å²) in [6.07, 6.45) is 1.75. The van der Waals surface area contributed by atoms with Gasteiger partial charge in [0.15, 0.2) is 5.82 Å². The van der Waals surface area contributed by atoms with E-state index in [0.717, 1.165) is 28.5 Å². The van der Waals surface area contributed by atoms with Crippen LogP contribution in [0.15, 0.2) is 24.3 Å². The van der Waals surface area contributed by atoms with E-state index >= 15 is 0 Å². The van der Waals surface area contributed by atoms with E-state index in [1.807, 2.05) is 24.3 Å². The molecule has 0 saturated carbocycles. The minimum absolute atomic E-state index is 0. The average molecular weight is 410 g/mol. The number of anilines is 1. The Morgan fingerprint density at radius 3 is 2.75 bits per heavy atom. The number of ether oxygens (including phenoxy) is 2. The van der Waals surface area contributed by atoms with Crippen LogP contribution in [0.4, 0.5) is 5.82 Å². The molecule has 2 aromatic heterocycles. The van der Waals surface area contributed by atoms with Crippen molar-refractivity contribution >= 4 is 37.8 Å². The van der Waals surface area contributed by atoms with Gasteiger partial charge in [0.1, 0.15) is 11.3 Å². The van der Waals surface area contributed by atoms with Crippen LogP contribution in [0.3, 0.4) is 0 Å². The first kappa shape index (κ1) is 20.5. The predicted molar refractivity (Wildman–Crippen MR) is 111 cm³/mol. The molecule has 0 radical (unpaired) electrons. The van der Waals surface area contributed by atoms with Crippen molar-refractivity contribution in [1.29, 1.82) is 0 Å². The van der Waals surface area contributed by atoms with Crippen LogP contribution in [-0.2, 0) is 32.5 Å². The van der Waals surface area contributed by atoms with Gasteiger partial charge in [0.25, 0.3) is 0 Å². The first-order valence-corrected chi connectivity index (χ1v) is 10.8. The summed E-state index contributed by atoms with van der Waals surface area (Å²) >= 11 is 0. The normalized spacial score (nSPS) is 12.2. The summed E-state index contributed by atoms with van der Waals surface area (Å²) in [5, 5.41) is 0.974. The third-order valence-corrected chi connectivity index (χ3v) is 5.02. The smallest absolute Gasteiger partial charge is 0.208 e. The topological polar surface area (TPSA) is 121 Å². The second-order valence-corrected chi connectivity index (χ2v) is 8.25. The summed E-state index contributed by atoms with van der Waals surface area (Å²) in [6.45, 7) is 2.03. The van der Waals surface area contributed by atoms with Crippen LogP contribution in [0, 0.1) is 0 Å². The van der Waals surface area contributed by atoms with E-state index in [1.54, 1.807) is 7.11 Å². The van der Waals surface area contributed by atoms with E-state index in [2.05, 4.69) is 14.3 Å². The van der Waals surface area contributed by atoms with Crippen molar-refractivity contribution in [2.75, 3.05) is 45.5 Å². The van der Waals surface area contributed by atoms with Crippen molar-refractivity contribution < 1.29 is 19.3 Å². The number of nitrogens with one attached hydrogen (secondary N) is 1. The molecule has 0 bridgehead atoms. The highest BCUT2D eigenvalue weighted by molar-refractivity contribution is 7.88. The van der Waals surface area contributed by atoms with E-state index in [-0.39, 0.29) is 14.6 Å². The Morgan fingerprint density at radius 2 is 2.00 bits per heavy atom. The number of nitrogens with zero attached hydrogens (tertiary/aromatic N) is 3. The van der Waals surface area contributed by atoms with Crippen LogP contribution < -0.4 is 10.5 Å². The van der Waals surface area contributed by atoms with Crippen LogP contribution in [0.5, 0.6) is 0 Å². The highest BCUT2D eigenvalue weighted by atomic mass is 32.2. The Morgan fingerprint density at radius 1 is 1.21 bits per heavy atom. The van der Waals surface area contributed by atoms with Gasteiger partial charge in [-0.2, -0.15) is 0 Å². The summed E-state index contributed by atoms with van der Waals surface area (Å²) in [4.78, 5) is 9.15. The average Bonchev–Trinajstić information content (AvgIpc) is 3.01. The van der Waals surface area contributed by atoms with Crippen molar-refractivity contribution in [2.24, 2.45) is 0 Å². The SMILES string of the molecule is COCCc1nc2c(N)nc3ccccc3c2n1CCOCCNS(C)(=O)=O.[HH]. The summed E-state index contributed by atoms with van der Waals surface area (Å²) in [6, 6.07) is 7.80. The van der Waals surface area contributed by atoms with E-state index in [4.69, 9.17) is 20.2 Å². The molecule has 3 N–H and O–H groups in total. The van der Waals surface area contributed by atoms with Crippen LogP contribution >= 0.6 is 0 Å².